The van der Waals surface area contributed by atoms with E-state index in [1.54, 1.807) is 0 Å². The first-order valence-electron chi connectivity index (χ1n) is 9.68. The highest BCUT2D eigenvalue weighted by atomic mass is 28.4. The predicted octanol–water partition coefficient (Wildman–Crippen LogP) is 5.10. The number of nitrogens with one attached hydrogen (secondary N) is 1. The SMILES string of the molecule is CC(C)(C)[Si](C)(C)OC(c1ccccc1)(c1ccccn1)[C@@H]1CCCN1. The summed E-state index contributed by atoms with van der Waals surface area (Å²) >= 11 is 0. The summed E-state index contributed by atoms with van der Waals surface area (Å²) < 4.78 is 7.26. The van der Waals surface area contributed by atoms with Crippen molar-refractivity contribution in [1.29, 1.82) is 0 Å². The third kappa shape index (κ3) is 3.50. The molecule has 1 aromatic carbocycles. The van der Waals surface area contributed by atoms with E-state index in [9.17, 15) is 0 Å². The smallest absolute Gasteiger partial charge is 0.193 e. The summed E-state index contributed by atoms with van der Waals surface area (Å²) in [4.78, 5) is 4.80. The summed E-state index contributed by atoms with van der Waals surface area (Å²) in [6.07, 6.45) is 4.16. The quantitative estimate of drug-likeness (QED) is 0.746. The molecule has 0 aliphatic carbocycles. The van der Waals surface area contributed by atoms with Crippen LogP contribution in [0.25, 0.3) is 0 Å². The summed E-state index contributed by atoms with van der Waals surface area (Å²) in [7, 11) is -2.05. The second-order valence-electron chi connectivity index (χ2n) is 8.83. The Labute approximate surface area is 159 Å². The summed E-state index contributed by atoms with van der Waals surface area (Å²) in [6, 6.07) is 17.1. The molecule has 1 N–H and O–H groups in total. The fourth-order valence-corrected chi connectivity index (χ4v) is 5.04. The molecule has 2 atom stereocenters. The van der Waals surface area contributed by atoms with Gasteiger partial charge in [-0.3, -0.25) is 4.98 Å². The minimum Gasteiger partial charge on any atom is -0.401 e. The van der Waals surface area contributed by atoms with Crippen molar-refractivity contribution in [1.82, 2.24) is 10.3 Å². The molecule has 0 bridgehead atoms. The van der Waals surface area contributed by atoms with Crippen LogP contribution in [0.1, 0.15) is 44.9 Å². The second kappa shape index (κ2) is 7.26. The van der Waals surface area contributed by atoms with E-state index in [0.29, 0.717) is 0 Å². The van der Waals surface area contributed by atoms with Crippen molar-refractivity contribution in [3.8, 4) is 0 Å². The predicted molar refractivity (Wildman–Crippen MR) is 111 cm³/mol. The number of benzene rings is 1. The zero-order valence-electron chi connectivity index (χ0n) is 16.8. The van der Waals surface area contributed by atoms with Crippen molar-refractivity contribution >= 4 is 8.32 Å². The highest BCUT2D eigenvalue weighted by Crippen LogP contribution is 2.47. The molecule has 26 heavy (non-hydrogen) atoms. The van der Waals surface area contributed by atoms with Gasteiger partial charge in [-0.1, -0.05) is 57.2 Å². The standard InChI is InChI=1S/C22H32N2OSi/c1-21(2,3)26(4,5)25-22(20-15-11-17-24-20,18-12-7-6-8-13-18)19-14-9-10-16-23-19/h6-10,12-14,16,20,24H,11,15,17H2,1-5H3/t20-,22?/m0/s1. The Balaban J connectivity index is 2.22. The molecule has 4 heteroatoms. The molecule has 140 valence electrons. The van der Waals surface area contributed by atoms with Crippen molar-refractivity contribution in [3.05, 3.63) is 66.0 Å². The van der Waals surface area contributed by atoms with Crippen molar-refractivity contribution < 1.29 is 4.43 Å². The molecule has 0 radical (unpaired) electrons. The van der Waals surface area contributed by atoms with Crippen LogP contribution in [0.5, 0.6) is 0 Å². The van der Waals surface area contributed by atoms with E-state index in [0.717, 1.165) is 18.7 Å². The van der Waals surface area contributed by atoms with Gasteiger partial charge in [-0.25, -0.2) is 0 Å². The van der Waals surface area contributed by atoms with Crippen molar-refractivity contribution in [2.24, 2.45) is 0 Å². The third-order valence-electron chi connectivity index (χ3n) is 6.02. The molecule has 2 heterocycles. The molecule has 1 saturated heterocycles. The second-order valence-corrected chi connectivity index (χ2v) is 13.6. The number of aromatic nitrogens is 1. The van der Waals surface area contributed by atoms with Crippen LogP contribution in [0.3, 0.4) is 0 Å². The van der Waals surface area contributed by atoms with Crippen molar-refractivity contribution in [2.45, 2.75) is 63.4 Å². The molecule has 3 nitrogen and oxygen atoms in total. The maximum atomic E-state index is 7.26. The van der Waals surface area contributed by atoms with Gasteiger partial charge in [0.1, 0.15) is 5.60 Å². The summed E-state index contributed by atoms with van der Waals surface area (Å²) in [5, 5.41) is 3.85. The van der Waals surface area contributed by atoms with Crippen molar-refractivity contribution in [3.63, 3.8) is 0 Å². The number of pyridine rings is 1. The number of rotatable bonds is 5. The van der Waals surface area contributed by atoms with E-state index >= 15 is 0 Å². The van der Waals surface area contributed by atoms with Crippen LogP contribution in [0.4, 0.5) is 0 Å². The maximum Gasteiger partial charge on any atom is 0.193 e. The Bertz CT molecular complexity index is 664. The summed E-state index contributed by atoms with van der Waals surface area (Å²) in [6.45, 7) is 12.6. The number of hydrogen-bond acceptors (Lipinski definition) is 3. The largest absolute Gasteiger partial charge is 0.401 e. The van der Waals surface area contributed by atoms with Crippen LogP contribution >= 0.6 is 0 Å². The number of nitrogens with zero attached hydrogens (tertiary/aromatic N) is 1. The minimum atomic E-state index is -2.05. The van der Waals surface area contributed by atoms with E-state index in [1.807, 2.05) is 12.3 Å². The van der Waals surface area contributed by atoms with Gasteiger partial charge in [0, 0.05) is 12.2 Å². The van der Waals surface area contributed by atoms with Crippen molar-refractivity contribution in [2.75, 3.05) is 6.54 Å². The van der Waals surface area contributed by atoms with Crippen LogP contribution in [0.15, 0.2) is 54.7 Å². The summed E-state index contributed by atoms with van der Waals surface area (Å²) in [5.41, 5.74) is 1.65. The lowest BCUT2D eigenvalue weighted by Gasteiger charge is -2.48. The van der Waals surface area contributed by atoms with Gasteiger partial charge >= 0.3 is 0 Å². The zero-order valence-corrected chi connectivity index (χ0v) is 17.8. The Morgan fingerprint density at radius 1 is 1.04 bits per heavy atom. The van der Waals surface area contributed by atoms with Crippen LogP contribution in [0, 0.1) is 0 Å². The highest BCUT2D eigenvalue weighted by molar-refractivity contribution is 6.74. The van der Waals surface area contributed by atoms with E-state index in [2.05, 4.69) is 81.6 Å². The fraction of sp³-hybridized carbons (Fsp3) is 0.500. The van der Waals surface area contributed by atoms with Gasteiger partial charge in [0.05, 0.1) is 5.69 Å². The number of hydrogen-bond donors (Lipinski definition) is 1. The molecule has 1 aromatic heterocycles. The molecule has 0 amide bonds. The third-order valence-corrected chi connectivity index (χ3v) is 10.5. The topological polar surface area (TPSA) is 34.1 Å². The molecule has 2 aromatic rings. The van der Waals surface area contributed by atoms with E-state index < -0.39 is 13.9 Å². The lowest BCUT2D eigenvalue weighted by molar-refractivity contribution is 0.0521. The van der Waals surface area contributed by atoms with Crippen LogP contribution in [-0.4, -0.2) is 25.9 Å². The van der Waals surface area contributed by atoms with Gasteiger partial charge in [-0.05, 0) is 55.2 Å². The normalized spacial score (nSPS) is 20.7. The molecular formula is C22H32N2OSi. The lowest BCUT2D eigenvalue weighted by atomic mass is 9.82. The van der Waals surface area contributed by atoms with E-state index in [-0.39, 0.29) is 11.1 Å². The Hall–Kier alpha value is -1.49. The molecule has 0 spiro atoms. The first-order chi connectivity index (χ1) is 12.3. The van der Waals surface area contributed by atoms with Gasteiger partial charge in [0.25, 0.3) is 0 Å². The molecule has 3 rings (SSSR count). The van der Waals surface area contributed by atoms with Gasteiger partial charge in [0.2, 0.25) is 0 Å². The average molecular weight is 369 g/mol. The molecule has 1 aliphatic rings. The maximum absolute atomic E-state index is 7.26. The first-order valence-corrected chi connectivity index (χ1v) is 12.6. The van der Waals surface area contributed by atoms with Gasteiger partial charge in [0.15, 0.2) is 8.32 Å². The molecule has 1 unspecified atom stereocenters. The van der Waals surface area contributed by atoms with E-state index in [4.69, 9.17) is 9.41 Å². The van der Waals surface area contributed by atoms with Crippen LogP contribution in [-0.2, 0) is 10.0 Å². The summed E-state index contributed by atoms with van der Waals surface area (Å²) in [5.74, 6) is 0. The fourth-order valence-electron chi connectivity index (χ4n) is 3.57. The van der Waals surface area contributed by atoms with Gasteiger partial charge in [-0.2, -0.15) is 0 Å². The van der Waals surface area contributed by atoms with Gasteiger partial charge in [-0.15, -0.1) is 0 Å². The molecule has 0 saturated carbocycles. The average Bonchev–Trinajstić information content (AvgIpc) is 3.15. The van der Waals surface area contributed by atoms with Gasteiger partial charge < -0.3 is 9.74 Å². The highest BCUT2D eigenvalue weighted by Gasteiger charge is 2.52. The molecule has 1 fully saturated rings. The lowest BCUT2D eigenvalue weighted by Crippen LogP contribution is -2.56. The Morgan fingerprint density at radius 3 is 2.27 bits per heavy atom. The monoisotopic (exact) mass is 368 g/mol. The van der Waals surface area contributed by atoms with E-state index in [1.165, 1.54) is 12.0 Å². The molecule has 1 aliphatic heterocycles. The Kier molecular flexibility index (Phi) is 5.38. The minimum absolute atomic E-state index is 0.125. The Morgan fingerprint density at radius 2 is 1.73 bits per heavy atom. The zero-order chi connectivity index (χ0) is 18.8. The molecular weight excluding hydrogens is 336 g/mol. The van der Waals surface area contributed by atoms with Crippen LogP contribution in [0.2, 0.25) is 18.1 Å². The first kappa shape index (κ1) is 19.3. The van der Waals surface area contributed by atoms with Crippen LogP contribution < -0.4 is 5.32 Å².